The molecule has 0 saturated carbocycles. The summed E-state index contributed by atoms with van der Waals surface area (Å²) in [6, 6.07) is 5.43. The Hall–Kier alpha value is -3.29. The first kappa shape index (κ1) is 27.3. The van der Waals surface area contributed by atoms with Gasteiger partial charge in [-0.15, -0.1) is 0 Å². The first-order valence-electron chi connectivity index (χ1n) is 12.4. The number of nitrogens with zero attached hydrogens (tertiary/aromatic N) is 2. The van der Waals surface area contributed by atoms with Gasteiger partial charge in [0.15, 0.2) is 23.1 Å². The molecule has 0 bridgehead atoms. The lowest BCUT2D eigenvalue weighted by Gasteiger charge is -2.28. The fourth-order valence-corrected chi connectivity index (χ4v) is 4.42. The Morgan fingerprint density at radius 1 is 1.11 bits per heavy atom. The van der Waals surface area contributed by atoms with E-state index in [1.807, 2.05) is 37.9 Å². The number of fused-ring (bicyclic) bond motifs is 1. The number of halogens is 1. The van der Waals surface area contributed by atoms with Crippen LogP contribution in [-0.4, -0.2) is 57.0 Å². The number of ether oxygens (including phenoxy) is 3. The fraction of sp³-hybridized carbons (Fsp3) is 0.500. The summed E-state index contributed by atoms with van der Waals surface area (Å²) in [5, 5.41) is 8.64. The Balaban J connectivity index is 1.98. The van der Waals surface area contributed by atoms with Crippen molar-refractivity contribution in [1.29, 1.82) is 5.41 Å². The van der Waals surface area contributed by atoms with Gasteiger partial charge < -0.3 is 24.0 Å². The molecule has 8 heteroatoms. The standard InChI is InChI=1S/C28H38FN3O4/c1-9-31(7)20-13-17(12-19(25(20)34-8)28(4,5)6)21(33)16-32-15-18-14-22(35-10-2)26(36-11-3)24(29)23(18)27(32)30/h12-14,30H,9-11,15-16H2,1-8H3. The Labute approximate surface area is 213 Å². The molecule has 0 aromatic heterocycles. The van der Waals surface area contributed by atoms with Crippen molar-refractivity contribution < 1.29 is 23.4 Å². The molecular weight excluding hydrogens is 461 g/mol. The van der Waals surface area contributed by atoms with Crippen molar-refractivity contribution in [3.63, 3.8) is 0 Å². The summed E-state index contributed by atoms with van der Waals surface area (Å²) in [5.41, 5.74) is 2.81. The number of Topliss-reactive ketones (excluding diaryl/α,β-unsaturated/α-hetero) is 1. The molecule has 2 aromatic carbocycles. The van der Waals surface area contributed by atoms with Gasteiger partial charge in [0.1, 0.15) is 11.6 Å². The van der Waals surface area contributed by atoms with Crippen LogP contribution in [0.3, 0.4) is 0 Å². The van der Waals surface area contributed by atoms with Gasteiger partial charge in [-0.05, 0) is 49.9 Å². The van der Waals surface area contributed by atoms with Gasteiger partial charge in [-0.3, -0.25) is 10.2 Å². The van der Waals surface area contributed by atoms with Crippen LogP contribution in [0.5, 0.6) is 17.2 Å². The maximum absolute atomic E-state index is 15.4. The van der Waals surface area contributed by atoms with Gasteiger partial charge >= 0.3 is 0 Å². The second kappa shape index (κ2) is 10.8. The molecule has 2 aromatic rings. The number of anilines is 1. The molecule has 1 heterocycles. The van der Waals surface area contributed by atoms with Crippen molar-refractivity contribution in [3.8, 4) is 17.2 Å². The van der Waals surface area contributed by atoms with Gasteiger partial charge in [0.05, 0.1) is 38.1 Å². The summed E-state index contributed by atoms with van der Waals surface area (Å²) >= 11 is 0. The predicted octanol–water partition coefficient (Wildman–Crippen LogP) is 5.41. The average molecular weight is 500 g/mol. The second-order valence-electron chi connectivity index (χ2n) is 9.89. The fourth-order valence-electron chi connectivity index (χ4n) is 4.42. The third kappa shape index (κ3) is 5.13. The van der Waals surface area contributed by atoms with Gasteiger partial charge in [-0.25, -0.2) is 4.39 Å². The highest BCUT2D eigenvalue weighted by Crippen LogP contribution is 2.41. The van der Waals surface area contributed by atoms with Gasteiger partial charge in [0, 0.05) is 31.3 Å². The van der Waals surface area contributed by atoms with E-state index in [-0.39, 0.29) is 48.0 Å². The first-order chi connectivity index (χ1) is 17.0. The summed E-state index contributed by atoms with van der Waals surface area (Å²) in [6.07, 6.45) is 0. The zero-order valence-electron chi connectivity index (χ0n) is 22.7. The van der Waals surface area contributed by atoms with Gasteiger partial charge in [-0.1, -0.05) is 20.8 Å². The number of nitrogens with one attached hydrogen (secondary N) is 1. The van der Waals surface area contributed by atoms with E-state index in [4.69, 9.17) is 19.6 Å². The topological polar surface area (TPSA) is 75.1 Å². The quantitative estimate of drug-likeness (QED) is 0.441. The van der Waals surface area contributed by atoms with Crippen molar-refractivity contribution in [2.45, 2.75) is 53.5 Å². The molecule has 36 heavy (non-hydrogen) atoms. The molecule has 0 fully saturated rings. The highest BCUT2D eigenvalue weighted by atomic mass is 19.1. The average Bonchev–Trinajstić information content (AvgIpc) is 3.14. The maximum atomic E-state index is 15.4. The maximum Gasteiger partial charge on any atom is 0.197 e. The van der Waals surface area contributed by atoms with E-state index in [1.54, 1.807) is 25.0 Å². The lowest BCUT2D eigenvalue weighted by atomic mass is 9.84. The molecule has 1 N–H and O–H groups in total. The van der Waals surface area contributed by atoms with Crippen LogP contribution in [0.1, 0.15) is 68.6 Å². The van der Waals surface area contributed by atoms with Crippen LogP contribution in [0.25, 0.3) is 0 Å². The number of methoxy groups -OCH3 is 1. The van der Waals surface area contributed by atoms with Crippen molar-refractivity contribution >= 4 is 17.3 Å². The normalized spacial score (nSPS) is 13.0. The number of carbonyl (C=O) groups is 1. The number of amidine groups is 1. The molecule has 0 aliphatic carbocycles. The van der Waals surface area contributed by atoms with Crippen molar-refractivity contribution in [2.75, 3.05) is 45.4 Å². The summed E-state index contributed by atoms with van der Waals surface area (Å²) in [5.74, 6) is 0.266. The number of benzene rings is 2. The van der Waals surface area contributed by atoms with Crippen LogP contribution < -0.4 is 19.1 Å². The van der Waals surface area contributed by atoms with Crippen LogP contribution in [0, 0.1) is 11.2 Å². The minimum Gasteiger partial charge on any atom is -0.494 e. The van der Waals surface area contributed by atoms with E-state index < -0.39 is 5.82 Å². The molecule has 0 atom stereocenters. The summed E-state index contributed by atoms with van der Waals surface area (Å²) in [6.45, 7) is 13.4. The molecule has 0 radical (unpaired) electrons. The van der Waals surface area contributed by atoms with Crippen molar-refractivity contribution in [3.05, 3.63) is 46.3 Å². The monoisotopic (exact) mass is 499 g/mol. The van der Waals surface area contributed by atoms with E-state index in [0.29, 0.717) is 23.5 Å². The molecule has 1 aliphatic heterocycles. The number of carbonyl (C=O) groups excluding carboxylic acids is 1. The predicted molar refractivity (Wildman–Crippen MR) is 141 cm³/mol. The summed E-state index contributed by atoms with van der Waals surface area (Å²) < 4.78 is 32.3. The number of rotatable bonds is 10. The summed E-state index contributed by atoms with van der Waals surface area (Å²) in [4.78, 5) is 17.2. The van der Waals surface area contributed by atoms with Gasteiger partial charge in [-0.2, -0.15) is 0 Å². The Morgan fingerprint density at radius 2 is 1.78 bits per heavy atom. The highest BCUT2D eigenvalue weighted by Gasteiger charge is 2.33. The molecule has 1 aliphatic rings. The van der Waals surface area contributed by atoms with E-state index in [2.05, 4.69) is 20.8 Å². The van der Waals surface area contributed by atoms with Gasteiger partial charge in [0.2, 0.25) is 0 Å². The van der Waals surface area contributed by atoms with Crippen LogP contribution >= 0.6 is 0 Å². The smallest absolute Gasteiger partial charge is 0.197 e. The van der Waals surface area contributed by atoms with E-state index in [1.165, 1.54) is 0 Å². The molecule has 0 amide bonds. The molecule has 0 spiro atoms. The number of ketones is 1. The van der Waals surface area contributed by atoms with Crippen LogP contribution in [0.2, 0.25) is 0 Å². The Bertz CT molecular complexity index is 1160. The third-order valence-electron chi connectivity index (χ3n) is 6.40. The van der Waals surface area contributed by atoms with Crippen LogP contribution in [-0.2, 0) is 12.0 Å². The molecule has 3 rings (SSSR count). The molecular formula is C28H38FN3O4. The summed E-state index contributed by atoms with van der Waals surface area (Å²) in [7, 11) is 3.60. The minimum atomic E-state index is -0.621. The van der Waals surface area contributed by atoms with Crippen molar-refractivity contribution in [2.24, 2.45) is 0 Å². The molecule has 7 nitrogen and oxygen atoms in total. The minimum absolute atomic E-state index is 0.00763. The first-order valence-corrected chi connectivity index (χ1v) is 12.4. The SMILES string of the molecule is CCOc1cc2c(c(F)c1OCC)C(=N)N(CC(=O)c1cc(N(C)CC)c(OC)c(C(C)(C)C)c1)C2. The molecule has 196 valence electrons. The third-order valence-corrected chi connectivity index (χ3v) is 6.40. The van der Waals surface area contributed by atoms with E-state index in [9.17, 15) is 4.79 Å². The van der Waals surface area contributed by atoms with E-state index >= 15 is 4.39 Å². The lowest BCUT2D eigenvalue weighted by Crippen LogP contribution is -2.31. The van der Waals surface area contributed by atoms with Gasteiger partial charge in [0.25, 0.3) is 0 Å². The van der Waals surface area contributed by atoms with Crippen LogP contribution in [0.15, 0.2) is 18.2 Å². The Morgan fingerprint density at radius 3 is 2.33 bits per heavy atom. The van der Waals surface area contributed by atoms with Crippen LogP contribution in [0.4, 0.5) is 10.1 Å². The Kier molecular flexibility index (Phi) is 8.16. The largest absolute Gasteiger partial charge is 0.494 e. The molecule has 0 saturated heterocycles. The zero-order chi connectivity index (χ0) is 26.8. The number of hydrogen-bond donors (Lipinski definition) is 1. The lowest BCUT2D eigenvalue weighted by molar-refractivity contribution is 0.0962. The van der Waals surface area contributed by atoms with Crippen molar-refractivity contribution in [1.82, 2.24) is 4.90 Å². The molecule has 0 unspecified atom stereocenters. The second-order valence-corrected chi connectivity index (χ2v) is 9.89. The number of hydrogen-bond acceptors (Lipinski definition) is 6. The zero-order valence-corrected chi connectivity index (χ0v) is 22.7. The van der Waals surface area contributed by atoms with E-state index in [0.717, 1.165) is 23.5 Å². The highest BCUT2D eigenvalue weighted by molar-refractivity contribution is 6.06.